The van der Waals surface area contributed by atoms with Gasteiger partial charge in [0, 0.05) is 12.1 Å². The highest BCUT2D eigenvalue weighted by atomic mass is 16.6. The van der Waals surface area contributed by atoms with Crippen LogP contribution in [0.4, 0.5) is 5.69 Å². The van der Waals surface area contributed by atoms with E-state index in [1.165, 1.54) is 18.2 Å². The highest BCUT2D eigenvalue weighted by Crippen LogP contribution is 2.26. The predicted octanol–water partition coefficient (Wildman–Crippen LogP) is 1.35. The fourth-order valence-corrected chi connectivity index (χ4v) is 1.34. The van der Waals surface area contributed by atoms with Gasteiger partial charge >= 0.3 is 0 Å². The Morgan fingerprint density at radius 1 is 1.19 bits per heavy atom. The van der Waals surface area contributed by atoms with E-state index in [2.05, 4.69) is 10.2 Å². The van der Waals surface area contributed by atoms with Crippen LogP contribution in [0.2, 0.25) is 0 Å². The minimum absolute atomic E-state index is 0.0398. The number of H-pyrrole nitrogens is 1. The molecule has 2 rings (SSSR count). The molecule has 1 heterocycles. The Morgan fingerprint density at radius 2 is 1.94 bits per heavy atom. The van der Waals surface area contributed by atoms with Crippen molar-refractivity contribution in [2.75, 3.05) is 0 Å². The smallest absolute Gasteiger partial charge is 0.268 e. The average Bonchev–Trinajstić information content (AvgIpc) is 2.30. The van der Waals surface area contributed by atoms with E-state index in [1.54, 1.807) is 18.2 Å². The molecule has 0 fully saturated rings. The molecule has 1 aromatic carbocycles. The lowest BCUT2D eigenvalue weighted by atomic mass is 10.1. The number of para-hydroxylation sites is 1. The monoisotopic (exact) mass is 217 g/mol. The molecule has 0 bridgehead atoms. The highest BCUT2D eigenvalue weighted by molar-refractivity contribution is 5.69. The maximum atomic E-state index is 10.8. The molecular formula is C10H7N3O3. The molecule has 80 valence electrons. The summed E-state index contributed by atoms with van der Waals surface area (Å²) in [4.78, 5) is 21.1. The number of aromatic nitrogens is 2. The zero-order chi connectivity index (χ0) is 11.5. The van der Waals surface area contributed by atoms with Crippen LogP contribution in [0.3, 0.4) is 0 Å². The summed E-state index contributed by atoms with van der Waals surface area (Å²) < 4.78 is 0. The van der Waals surface area contributed by atoms with E-state index in [0.717, 1.165) is 0 Å². The van der Waals surface area contributed by atoms with Crippen LogP contribution < -0.4 is 5.56 Å². The third-order valence-electron chi connectivity index (χ3n) is 2.06. The Balaban J connectivity index is 2.59. The summed E-state index contributed by atoms with van der Waals surface area (Å²) in [5.41, 5.74) is 0.361. The first-order valence-corrected chi connectivity index (χ1v) is 4.48. The lowest BCUT2D eigenvalue weighted by Crippen LogP contribution is -2.06. The summed E-state index contributed by atoms with van der Waals surface area (Å²) in [6.07, 6.45) is 0. The molecular weight excluding hydrogens is 210 g/mol. The third kappa shape index (κ3) is 1.81. The Morgan fingerprint density at radius 3 is 2.56 bits per heavy atom. The van der Waals surface area contributed by atoms with E-state index in [1.807, 2.05) is 0 Å². The molecule has 0 aliphatic rings. The number of nitro groups is 1. The number of aromatic amines is 1. The Kier molecular flexibility index (Phi) is 2.47. The standard InChI is InChI=1S/C10H7N3O3/c14-10-6-5-8(11-12-10)7-3-1-2-4-9(7)13(15)16/h1-6H,(H,12,14). The molecule has 2 aromatic rings. The lowest BCUT2D eigenvalue weighted by molar-refractivity contribution is -0.384. The van der Waals surface area contributed by atoms with Crippen molar-refractivity contribution in [2.45, 2.75) is 0 Å². The fraction of sp³-hybridized carbons (Fsp3) is 0. The van der Waals surface area contributed by atoms with Crippen LogP contribution >= 0.6 is 0 Å². The molecule has 0 amide bonds. The molecule has 0 atom stereocenters. The molecule has 0 unspecified atom stereocenters. The predicted molar refractivity (Wildman–Crippen MR) is 56.9 cm³/mol. The first-order chi connectivity index (χ1) is 7.68. The highest BCUT2D eigenvalue weighted by Gasteiger charge is 2.14. The lowest BCUT2D eigenvalue weighted by Gasteiger charge is -2.00. The van der Waals surface area contributed by atoms with Gasteiger partial charge in [0.25, 0.3) is 11.2 Å². The quantitative estimate of drug-likeness (QED) is 0.607. The van der Waals surface area contributed by atoms with Crippen molar-refractivity contribution in [2.24, 2.45) is 0 Å². The van der Waals surface area contributed by atoms with Gasteiger partial charge in [-0.1, -0.05) is 12.1 Å². The van der Waals surface area contributed by atoms with E-state index in [4.69, 9.17) is 0 Å². The van der Waals surface area contributed by atoms with Crippen molar-refractivity contribution in [3.05, 3.63) is 56.9 Å². The van der Waals surface area contributed by atoms with Gasteiger partial charge in [0.05, 0.1) is 16.2 Å². The Bertz CT molecular complexity index is 571. The number of rotatable bonds is 2. The van der Waals surface area contributed by atoms with Gasteiger partial charge in [-0.05, 0) is 12.1 Å². The first-order valence-electron chi connectivity index (χ1n) is 4.48. The van der Waals surface area contributed by atoms with Crippen molar-refractivity contribution in [1.82, 2.24) is 10.2 Å². The van der Waals surface area contributed by atoms with E-state index in [0.29, 0.717) is 11.3 Å². The molecule has 0 aliphatic heterocycles. The molecule has 0 spiro atoms. The van der Waals surface area contributed by atoms with Gasteiger partial charge in [0.1, 0.15) is 0 Å². The van der Waals surface area contributed by atoms with Crippen molar-refractivity contribution >= 4 is 5.69 Å². The van der Waals surface area contributed by atoms with Gasteiger partial charge in [0.2, 0.25) is 0 Å². The molecule has 1 aromatic heterocycles. The van der Waals surface area contributed by atoms with Crippen molar-refractivity contribution in [3.63, 3.8) is 0 Å². The van der Waals surface area contributed by atoms with Gasteiger partial charge in [-0.15, -0.1) is 0 Å². The largest absolute Gasteiger partial charge is 0.278 e. The number of nitrogens with one attached hydrogen (secondary N) is 1. The number of hydrogen-bond acceptors (Lipinski definition) is 4. The summed E-state index contributed by atoms with van der Waals surface area (Å²) in [6.45, 7) is 0. The fourth-order valence-electron chi connectivity index (χ4n) is 1.34. The van der Waals surface area contributed by atoms with Crippen molar-refractivity contribution in [1.29, 1.82) is 0 Å². The van der Waals surface area contributed by atoms with E-state index >= 15 is 0 Å². The second-order valence-electron chi connectivity index (χ2n) is 3.08. The number of nitrogens with zero attached hydrogens (tertiary/aromatic N) is 2. The molecule has 0 saturated heterocycles. The van der Waals surface area contributed by atoms with Gasteiger partial charge in [-0.25, -0.2) is 5.10 Å². The van der Waals surface area contributed by atoms with Crippen LogP contribution in [-0.2, 0) is 0 Å². The van der Waals surface area contributed by atoms with Gasteiger partial charge in [-0.3, -0.25) is 14.9 Å². The van der Waals surface area contributed by atoms with Crippen LogP contribution in [0.25, 0.3) is 11.3 Å². The van der Waals surface area contributed by atoms with E-state index in [-0.39, 0.29) is 11.2 Å². The summed E-state index contributed by atoms with van der Waals surface area (Å²) >= 11 is 0. The van der Waals surface area contributed by atoms with Gasteiger partial charge < -0.3 is 0 Å². The zero-order valence-electron chi connectivity index (χ0n) is 8.08. The van der Waals surface area contributed by atoms with Gasteiger partial charge in [-0.2, -0.15) is 5.10 Å². The number of nitro benzene ring substituents is 1. The molecule has 16 heavy (non-hydrogen) atoms. The first kappa shape index (κ1) is 10.0. The second-order valence-corrected chi connectivity index (χ2v) is 3.08. The Labute approximate surface area is 89.7 Å². The molecule has 1 N–H and O–H groups in total. The topological polar surface area (TPSA) is 88.9 Å². The van der Waals surface area contributed by atoms with E-state index in [9.17, 15) is 14.9 Å². The molecule has 0 saturated carbocycles. The van der Waals surface area contributed by atoms with Crippen LogP contribution in [0.5, 0.6) is 0 Å². The van der Waals surface area contributed by atoms with Crippen LogP contribution in [0.1, 0.15) is 0 Å². The zero-order valence-corrected chi connectivity index (χ0v) is 8.08. The van der Waals surface area contributed by atoms with Crippen LogP contribution in [0, 0.1) is 10.1 Å². The maximum absolute atomic E-state index is 10.8. The van der Waals surface area contributed by atoms with Gasteiger partial charge in [0.15, 0.2) is 0 Å². The summed E-state index contributed by atoms with van der Waals surface area (Å²) in [5.74, 6) is 0. The van der Waals surface area contributed by atoms with Crippen LogP contribution in [-0.4, -0.2) is 15.1 Å². The average molecular weight is 217 g/mol. The summed E-state index contributed by atoms with van der Waals surface area (Å²) in [5, 5.41) is 16.8. The van der Waals surface area contributed by atoms with Crippen LogP contribution in [0.15, 0.2) is 41.2 Å². The summed E-state index contributed by atoms with van der Waals surface area (Å²) in [6, 6.07) is 8.95. The Hall–Kier alpha value is -2.50. The minimum Gasteiger partial charge on any atom is -0.268 e. The van der Waals surface area contributed by atoms with E-state index < -0.39 is 4.92 Å². The second kappa shape index (κ2) is 3.93. The molecule has 6 nitrogen and oxygen atoms in total. The molecule has 0 aliphatic carbocycles. The SMILES string of the molecule is O=c1ccc(-c2ccccc2[N+](=O)[O-])n[nH]1. The third-order valence-corrected chi connectivity index (χ3v) is 2.06. The number of benzene rings is 1. The minimum atomic E-state index is -0.484. The molecule has 0 radical (unpaired) electrons. The van der Waals surface area contributed by atoms with Crippen molar-refractivity contribution < 1.29 is 4.92 Å². The molecule has 6 heteroatoms. The normalized spacial score (nSPS) is 10.0. The summed E-state index contributed by atoms with van der Waals surface area (Å²) in [7, 11) is 0. The number of hydrogen-bond donors (Lipinski definition) is 1. The maximum Gasteiger partial charge on any atom is 0.278 e. The van der Waals surface area contributed by atoms with Crippen molar-refractivity contribution in [3.8, 4) is 11.3 Å².